The minimum absolute atomic E-state index is 0.217. The summed E-state index contributed by atoms with van der Waals surface area (Å²) in [6.07, 6.45) is 8.48. The van der Waals surface area contributed by atoms with Gasteiger partial charge in [0.05, 0.1) is 5.60 Å². The minimum Gasteiger partial charge on any atom is -0.385 e. The SMILES string of the molecule is C=C(/C=C\C=C/C)C1(O)CCNCC1C. The molecule has 0 bridgehead atoms. The standard InChI is InChI=1S/C13H21NO/c1-4-5-6-7-11(2)13(15)8-9-14-10-12(13)3/h4-7,12,14-15H,2,8-10H2,1,3H3/b5-4-,7-6-. The maximum Gasteiger partial charge on any atom is 0.0940 e. The van der Waals surface area contributed by atoms with Gasteiger partial charge in [0.25, 0.3) is 0 Å². The van der Waals surface area contributed by atoms with Crippen LogP contribution in [0.15, 0.2) is 36.5 Å². The number of allylic oxidation sites excluding steroid dienone is 3. The highest BCUT2D eigenvalue weighted by molar-refractivity contribution is 5.29. The van der Waals surface area contributed by atoms with Gasteiger partial charge in [-0.15, -0.1) is 0 Å². The summed E-state index contributed by atoms with van der Waals surface area (Å²) in [6, 6.07) is 0. The number of rotatable bonds is 3. The lowest BCUT2D eigenvalue weighted by molar-refractivity contribution is 0.00411. The predicted molar refractivity (Wildman–Crippen MR) is 64.7 cm³/mol. The first kappa shape index (κ1) is 12.2. The normalized spacial score (nSPS) is 32.6. The molecule has 2 nitrogen and oxygen atoms in total. The van der Waals surface area contributed by atoms with Crippen LogP contribution in [-0.4, -0.2) is 23.8 Å². The molecule has 2 unspecified atom stereocenters. The second-order valence-electron chi connectivity index (χ2n) is 4.19. The fourth-order valence-electron chi connectivity index (χ4n) is 1.92. The predicted octanol–water partition coefficient (Wildman–Crippen LogP) is 2.04. The monoisotopic (exact) mass is 207 g/mol. The van der Waals surface area contributed by atoms with E-state index in [4.69, 9.17) is 0 Å². The van der Waals surface area contributed by atoms with Gasteiger partial charge in [-0.1, -0.05) is 37.8 Å². The molecule has 0 amide bonds. The van der Waals surface area contributed by atoms with E-state index in [1.807, 2.05) is 31.2 Å². The summed E-state index contributed by atoms with van der Waals surface area (Å²) in [4.78, 5) is 0. The highest BCUT2D eigenvalue weighted by atomic mass is 16.3. The first-order chi connectivity index (χ1) is 7.11. The average Bonchev–Trinajstić information content (AvgIpc) is 2.23. The van der Waals surface area contributed by atoms with Crippen molar-refractivity contribution in [2.45, 2.75) is 25.9 Å². The van der Waals surface area contributed by atoms with E-state index in [0.717, 1.165) is 25.1 Å². The van der Waals surface area contributed by atoms with Gasteiger partial charge in [0.1, 0.15) is 0 Å². The molecule has 1 fully saturated rings. The van der Waals surface area contributed by atoms with Crippen LogP contribution in [0.3, 0.4) is 0 Å². The Morgan fingerprint density at radius 3 is 2.87 bits per heavy atom. The molecule has 0 aromatic heterocycles. The summed E-state index contributed by atoms with van der Waals surface area (Å²) in [7, 11) is 0. The summed E-state index contributed by atoms with van der Waals surface area (Å²) < 4.78 is 0. The van der Waals surface area contributed by atoms with Crippen LogP contribution in [0.2, 0.25) is 0 Å². The fourth-order valence-corrected chi connectivity index (χ4v) is 1.92. The lowest BCUT2D eigenvalue weighted by Gasteiger charge is -2.39. The van der Waals surface area contributed by atoms with E-state index in [2.05, 4.69) is 18.8 Å². The van der Waals surface area contributed by atoms with Crippen LogP contribution in [0.4, 0.5) is 0 Å². The first-order valence-corrected chi connectivity index (χ1v) is 5.53. The Hall–Kier alpha value is -0.860. The zero-order chi connectivity index (χ0) is 11.3. The second-order valence-corrected chi connectivity index (χ2v) is 4.19. The van der Waals surface area contributed by atoms with Crippen molar-refractivity contribution >= 4 is 0 Å². The van der Waals surface area contributed by atoms with Crippen LogP contribution in [0.25, 0.3) is 0 Å². The summed E-state index contributed by atoms with van der Waals surface area (Å²) >= 11 is 0. The van der Waals surface area contributed by atoms with Crippen molar-refractivity contribution in [3.05, 3.63) is 36.5 Å². The van der Waals surface area contributed by atoms with Crippen molar-refractivity contribution in [2.24, 2.45) is 5.92 Å². The van der Waals surface area contributed by atoms with E-state index in [1.54, 1.807) is 0 Å². The Labute approximate surface area is 92.4 Å². The maximum atomic E-state index is 10.5. The maximum absolute atomic E-state index is 10.5. The molecule has 0 saturated carbocycles. The molecule has 1 saturated heterocycles. The van der Waals surface area contributed by atoms with Crippen molar-refractivity contribution in [3.63, 3.8) is 0 Å². The number of hydrogen-bond donors (Lipinski definition) is 2. The topological polar surface area (TPSA) is 32.3 Å². The van der Waals surface area contributed by atoms with Gasteiger partial charge in [0, 0.05) is 12.5 Å². The van der Waals surface area contributed by atoms with Crippen LogP contribution < -0.4 is 5.32 Å². The number of aliphatic hydroxyl groups is 1. The molecule has 2 atom stereocenters. The molecule has 0 aromatic rings. The quantitative estimate of drug-likeness (QED) is 0.694. The van der Waals surface area contributed by atoms with Gasteiger partial charge < -0.3 is 10.4 Å². The second kappa shape index (κ2) is 5.29. The van der Waals surface area contributed by atoms with E-state index >= 15 is 0 Å². The van der Waals surface area contributed by atoms with Crippen molar-refractivity contribution in [3.8, 4) is 0 Å². The molecule has 84 valence electrons. The molecule has 1 rings (SSSR count). The van der Waals surface area contributed by atoms with Crippen LogP contribution in [0, 0.1) is 5.92 Å². The molecule has 15 heavy (non-hydrogen) atoms. The first-order valence-electron chi connectivity index (χ1n) is 5.53. The molecule has 0 radical (unpaired) electrons. The Morgan fingerprint density at radius 1 is 1.53 bits per heavy atom. The van der Waals surface area contributed by atoms with Gasteiger partial charge in [-0.25, -0.2) is 0 Å². The molecule has 1 aliphatic heterocycles. The van der Waals surface area contributed by atoms with E-state index in [9.17, 15) is 5.11 Å². The third-order valence-electron chi connectivity index (χ3n) is 3.11. The van der Waals surface area contributed by atoms with E-state index in [-0.39, 0.29) is 5.92 Å². The Balaban J connectivity index is 2.70. The van der Waals surface area contributed by atoms with Crippen LogP contribution in [0.5, 0.6) is 0 Å². The van der Waals surface area contributed by atoms with Crippen LogP contribution in [0.1, 0.15) is 20.3 Å². The Bertz CT molecular complexity index is 280. The molecule has 2 N–H and O–H groups in total. The molecular weight excluding hydrogens is 186 g/mol. The van der Waals surface area contributed by atoms with Crippen molar-refractivity contribution in [2.75, 3.05) is 13.1 Å². The van der Waals surface area contributed by atoms with E-state index < -0.39 is 5.60 Å². The lowest BCUT2D eigenvalue weighted by atomic mass is 9.77. The lowest BCUT2D eigenvalue weighted by Crippen LogP contribution is -2.49. The minimum atomic E-state index is -0.733. The summed E-state index contributed by atoms with van der Waals surface area (Å²) in [5.41, 5.74) is 0.0816. The molecule has 0 aliphatic carbocycles. The summed E-state index contributed by atoms with van der Waals surface area (Å²) in [6.45, 7) is 9.71. The molecule has 0 spiro atoms. The smallest absolute Gasteiger partial charge is 0.0940 e. The van der Waals surface area contributed by atoms with Gasteiger partial charge in [-0.05, 0) is 25.5 Å². The third-order valence-corrected chi connectivity index (χ3v) is 3.11. The molecule has 0 aromatic carbocycles. The summed E-state index contributed by atoms with van der Waals surface area (Å²) in [5.74, 6) is 0.217. The van der Waals surface area contributed by atoms with Gasteiger partial charge in [-0.2, -0.15) is 0 Å². The third kappa shape index (κ3) is 2.80. The van der Waals surface area contributed by atoms with Crippen molar-refractivity contribution in [1.82, 2.24) is 5.32 Å². The van der Waals surface area contributed by atoms with E-state index in [0.29, 0.717) is 0 Å². The highest BCUT2D eigenvalue weighted by Gasteiger charge is 2.37. The highest BCUT2D eigenvalue weighted by Crippen LogP contribution is 2.31. The molecule has 1 heterocycles. The largest absolute Gasteiger partial charge is 0.385 e. The zero-order valence-corrected chi connectivity index (χ0v) is 9.66. The van der Waals surface area contributed by atoms with Gasteiger partial charge in [0.2, 0.25) is 0 Å². The van der Waals surface area contributed by atoms with Crippen LogP contribution >= 0.6 is 0 Å². The van der Waals surface area contributed by atoms with Gasteiger partial charge in [0.15, 0.2) is 0 Å². The van der Waals surface area contributed by atoms with Crippen molar-refractivity contribution < 1.29 is 5.11 Å². The number of piperidine rings is 1. The van der Waals surface area contributed by atoms with Gasteiger partial charge in [-0.3, -0.25) is 0 Å². The molecular formula is C13H21NO. The summed E-state index contributed by atoms with van der Waals surface area (Å²) in [5, 5.41) is 13.8. The molecule has 1 aliphatic rings. The fraction of sp³-hybridized carbons (Fsp3) is 0.538. The Kier molecular flexibility index (Phi) is 4.30. The molecule has 2 heteroatoms. The number of nitrogens with one attached hydrogen (secondary N) is 1. The van der Waals surface area contributed by atoms with Crippen molar-refractivity contribution in [1.29, 1.82) is 0 Å². The van der Waals surface area contributed by atoms with E-state index in [1.165, 1.54) is 0 Å². The average molecular weight is 207 g/mol. The Morgan fingerprint density at radius 2 is 2.27 bits per heavy atom. The van der Waals surface area contributed by atoms with Crippen LogP contribution in [-0.2, 0) is 0 Å². The zero-order valence-electron chi connectivity index (χ0n) is 9.66. The van der Waals surface area contributed by atoms with Gasteiger partial charge >= 0.3 is 0 Å². The number of hydrogen-bond acceptors (Lipinski definition) is 2.